The lowest BCUT2D eigenvalue weighted by molar-refractivity contribution is -0.115. The van der Waals surface area contributed by atoms with Gasteiger partial charge in [-0.25, -0.2) is 4.98 Å². The first-order valence-corrected chi connectivity index (χ1v) is 11.3. The van der Waals surface area contributed by atoms with Crippen LogP contribution in [0.1, 0.15) is 29.3 Å². The van der Waals surface area contributed by atoms with Gasteiger partial charge in [-0.15, -0.1) is 0 Å². The second-order valence-electron chi connectivity index (χ2n) is 7.91. The number of anilines is 1. The van der Waals surface area contributed by atoms with E-state index in [1.807, 2.05) is 60.7 Å². The molecule has 4 rings (SSSR count). The van der Waals surface area contributed by atoms with Crippen LogP contribution in [0.25, 0.3) is 22.2 Å². The number of benzene rings is 3. The van der Waals surface area contributed by atoms with Gasteiger partial charge < -0.3 is 20.1 Å². The number of amides is 2. The molecule has 1 heterocycles. The van der Waals surface area contributed by atoms with E-state index in [1.165, 1.54) is 0 Å². The van der Waals surface area contributed by atoms with Gasteiger partial charge in [-0.3, -0.25) is 9.59 Å². The average molecular weight is 470 g/mol. The monoisotopic (exact) mass is 469 g/mol. The minimum absolute atomic E-state index is 0.0472. The van der Waals surface area contributed by atoms with Crippen molar-refractivity contribution in [1.82, 2.24) is 10.3 Å². The maximum atomic E-state index is 13.3. The van der Waals surface area contributed by atoms with Crippen LogP contribution < -0.4 is 20.1 Å². The standard InChI is InChI=1S/C28H27N3O4/c1-4-27(32)30-20-12-9-18(10-13-20)25-16-23(22-7-5-6-8-24(22)31-25)28(33)29-17-19-11-14-21(34-2)15-26(19)35-3/h5-16H,4,17H2,1-3H3,(H,29,33)(H,30,32). The maximum Gasteiger partial charge on any atom is 0.252 e. The number of aromatic nitrogens is 1. The second-order valence-corrected chi connectivity index (χ2v) is 7.91. The van der Waals surface area contributed by atoms with Crippen LogP contribution in [0.2, 0.25) is 0 Å². The van der Waals surface area contributed by atoms with Gasteiger partial charge in [-0.1, -0.05) is 37.3 Å². The molecule has 7 heteroatoms. The molecule has 0 aliphatic heterocycles. The Hall–Kier alpha value is -4.39. The summed E-state index contributed by atoms with van der Waals surface area (Å²) in [7, 11) is 3.18. The number of para-hydroxylation sites is 1. The molecule has 7 nitrogen and oxygen atoms in total. The van der Waals surface area contributed by atoms with E-state index in [2.05, 4.69) is 10.6 Å². The third kappa shape index (κ3) is 5.41. The Bertz CT molecular complexity index is 1370. The summed E-state index contributed by atoms with van der Waals surface area (Å²) in [6, 6.07) is 22.3. The van der Waals surface area contributed by atoms with Crippen molar-refractivity contribution in [2.75, 3.05) is 19.5 Å². The number of nitrogens with one attached hydrogen (secondary N) is 2. The molecule has 2 N–H and O–H groups in total. The molecular weight excluding hydrogens is 442 g/mol. The van der Waals surface area contributed by atoms with Crippen molar-refractivity contribution in [3.63, 3.8) is 0 Å². The second kappa shape index (κ2) is 10.7. The van der Waals surface area contributed by atoms with E-state index < -0.39 is 0 Å². The summed E-state index contributed by atoms with van der Waals surface area (Å²) in [4.78, 5) is 29.7. The lowest BCUT2D eigenvalue weighted by Gasteiger charge is -2.13. The predicted octanol–water partition coefficient (Wildman–Crippen LogP) is 5.20. The highest BCUT2D eigenvalue weighted by molar-refractivity contribution is 6.07. The molecule has 35 heavy (non-hydrogen) atoms. The van der Waals surface area contributed by atoms with Crippen LogP contribution in [-0.4, -0.2) is 31.0 Å². The van der Waals surface area contributed by atoms with Gasteiger partial charge in [0.05, 0.1) is 31.0 Å². The third-order valence-electron chi connectivity index (χ3n) is 5.68. The fourth-order valence-corrected chi connectivity index (χ4v) is 3.75. The smallest absolute Gasteiger partial charge is 0.252 e. The molecule has 2 amide bonds. The first-order valence-electron chi connectivity index (χ1n) is 11.3. The number of fused-ring (bicyclic) bond motifs is 1. The molecule has 1 aromatic heterocycles. The number of ether oxygens (including phenoxy) is 2. The van der Waals surface area contributed by atoms with E-state index in [1.54, 1.807) is 33.3 Å². The largest absolute Gasteiger partial charge is 0.497 e. The van der Waals surface area contributed by atoms with Gasteiger partial charge in [-0.05, 0) is 36.4 Å². The number of hydrogen-bond acceptors (Lipinski definition) is 5. The minimum atomic E-state index is -0.213. The van der Waals surface area contributed by atoms with Crippen LogP contribution in [0.5, 0.6) is 11.5 Å². The van der Waals surface area contributed by atoms with Gasteiger partial charge in [-0.2, -0.15) is 0 Å². The van der Waals surface area contributed by atoms with Crippen molar-refractivity contribution < 1.29 is 19.1 Å². The summed E-state index contributed by atoms with van der Waals surface area (Å²) < 4.78 is 10.7. The number of rotatable bonds is 8. The maximum absolute atomic E-state index is 13.3. The van der Waals surface area contributed by atoms with Crippen molar-refractivity contribution >= 4 is 28.4 Å². The van der Waals surface area contributed by atoms with Gasteiger partial charge in [0.2, 0.25) is 5.91 Å². The highest BCUT2D eigenvalue weighted by atomic mass is 16.5. The zero-order valence-electron chi connectivity index (χ0n) is 19.9. The summed E-state index contributed by atoms with van der Waals surface area (Å²) in [5.74, 6) is 1.06. The van der Waals surface area contributed by atoms with E-state index >= 15 is 0 Å². The van der Waals surface area contributed by atoms with E-state index in [-0.39, 0.29) is 11.8 Å². The Morgan fingerprint density at radius 2 is 1.69 bits per heavy atom. The van der Waals surface area contributed by atoms with Crippen LogP contribution in [0, 0.1) is 0 Å². The molecule has 0 aliphatic rings. The molecule has 178 valence electrons. The zero-order chi connectivity index (χ0) is 24.8. The van der Waals surface area contributed by atoms with E-state index in [9.17, 15) is 9.59 Å². The van der Waals surface area contributed by atoms with Crippen molar-refractivity contribution in [3.05, 3.63) is 83.9 Å². The van der Waals surface area contributed by atoms with Gasteiger partial charge in [0.15, 0.2) is 0 Å². The molecule has 0 aliphatic carbocycles. The van der Waals surface area contributed by atoms with Crippen molar-refractivity contribution in [1.29, 1.82) is 0 Å². The molecule has 0 atom stereocenters. The number of methoxy groups -OCH3 is 2. The number of hydrogen-bond donors (Lipinski definition) is 2. The van der Waals surface area contributed by atoms with Gasteiger partial charge >= 0.3 is 0 Å². The van der Waals surface area contributed by atoms with Crippen LogP contribution in [0.3, 0.4) is 0 Å². The molecule has 0 bridgehead atoms. The molecule has 0 radical (unpaired) electrons. The van der Waals surface area contributed by atoms with Crippen molar-refractivity contribution in [3.8, 4) is 22.8 Å². The Morgan fingerprint density at radius 3 is 2.40 bits per heavy atom. The van der Waals surface area contributed by atoms with Gasteiger partial charge in [0.25, 0.3) is 5.91 Å². The first kappa shape index (κ1) is 23.8. The molecule has 0 saturated carbocycles. The lowest BCUT2D eigenvalue weighted by Crippen LogP contribution is -2.23. The van der Waals surface area contributed by atoms with Crippen LogP contribution in [-0.2, 0) is 11.3 Å². The van der Waals surface area contributed by atoms with Crippen molar-refractivity contribution in [2.45, 2.75) is 19.9 Å². The number of nitrogens with zero attached hydrogens (tertiary/aromatic N) is 1. The molecule has 0 fully saturated rings. The van der Waals surface area contributed by atoms with Crippen LogP contribution in [0.4, 0.5) is 5.69 Å². The summed E-state index contributed by atoms with van der Waals surface area (Å²) >= 11 is 0. The topological polar surface area (TPSA) is 89.6 Å². The number of carbonyl (C=O) groups is 2. The van der Waals surface area contributed by atoms with Crippen LogP contribution >= 0.6 is 0 Å². The Labute approximate surface area is 204 Å². The number of pyridine rings is 1. The zero-order valence-corrected chi connectivity index (χ0v) is 19.9. The number of carbonyl (C=O) groups excluding carboxylic acids is 2. The van der Waals surface area contributed by atoms with Crippen LogP contribution in [0.15, 0.2) is 72.8 Å². The molecule has 0 saturated heterocycles. The molecular formula is C28H27N3O4. The normalized spacial score (nSPS) is 10.6. The molecule has 0 unspecified atom stereocenters. The molecule has 4 aromatic rings. The predicted molar refractivity (Wildman–Crippen MR) is 137 cm³/mol. The SMILES string of the molecule is CCC(=O)Nc1ccc(-c2cc(C(=O)NCc3ccc(OC)cc3OC)c3ccccc3n2)cc1. The molecule has 3 aromatic carbocycles. The average Bonchev–Trinajstić information content (AvgIpc) is 2.91. The highest BCUT2D eigenvalue weighted by Gasteiger charge is 2.15. The summed E-state index contributed by atoms with van der Waals surface area (Å²) in [5, 5.41) is 6.60. The first-order chi connectivity index (χ1) is 17.0. The van der Waals surface area contributed by atoms with E-state index in [0.717, 1.165) is 22.0 Å². The minimum Gasteiger partial charge on any atom is -0.497 e. The third-order valence-corrected chi connectivity index (χ3v) is 5.68. The quantitative estimate of drug-likeness (QED) is 0.370. The van der Waals surface area contributed by atoms with E-state index in [0.29, 0.717) is 41.4 Å². The fraction of sp³-hybridized carbons (Fsp3) is 0.179. The van der Waals surface area contributed by atoms with Gasteiger partial charge in [0.1, 0.15) is 11.5 Å². The Kier molecular flexibility index (Phi) is 7.26. The summed E-state index contributed by atoms with van der Waals surface area (Å²) in [6.45, 7) is 2.10. The molecule has 0 spiro atoms. The lowest BCUT2D eigenvalue weighted by atomic mass is 10.0. The fourth-order valence-electron chi connectivity index (χ4n) is 3.75. The Morgan fingerprint density at radius 1 is 0.914 bits per heavy atom. The highest BCUT2D eigenvalue weighted by Crippen LogP contribution is 2.27. The summed E-state index contributed by atoms with van der Waals surface area (Å²) in [6.07, 6.45) is 0.412. The van der Waals surface area contributed by atoms with Gasteiger partial charge in [0, 0.05) is 41.2 Å². The van der Waals surface area contributed by atoms with Crippen molar-refractivity contribution in [2.24, 2.45) is 0 Å². The Balaban J connectivity index is 1.62. The summed E-state index contributed by atoms with van der Waals surface area (Å²) in [5.41, 5.74) is 4.32. The van der Waals surface area contributed by atoms with E-state index in [4.69, 9.17) is 14.5 Å².